The Balaban J connectivity index is 0.00000147. The van der Waals surface area contributed by atoms with Crippen LogP contribution in [0.4, 0.5) is 5.69 Å². The van der Waals surface area contributed by atoms with Crippen LogP contribution in [-0.4, -0.2) is 31.2 Å². The van der Waals surface area contributed by atoms with Crippen LogP contribution in [0.15, 0.2) is 22.7 Å². The molecule has 0 amide bonds. The fraction of sp³-hybridized carbons (Fsp3) is 0.400. The summed E-state index contributed by atoms with van der Waals surface area (Å²) in [7, 11) is 0. The van der Waals surface area contributed by atoms with Gasteiger partial charge in [-0.25, -0.2) is 0 Å². The molecule has 1 saturated heterocycles. The van der Waals surface area contributed by atoms with Crippen molar-refractivity contribution in [3.8, 4) is 0 Å². The van der Waals surface area contributed by atoms with Crippen LogP contribution in [0, 0.1) is 13.8 Å². The Morgan fingerprint density at radius 2 is 1.85 bits per heavy atom. The van der Waals surface area contributed by atoms with Crippen molar-refractivity contribution in [2.24, 2.45) is 0 Å². The standard InChI is InChI=1S/C15H18BrN3.ClH/c1-10-7-12(16)9-13-14(8-11(2)18-15(10)13)19-5-3-17-4-6-19;/h7-9,17H,3-6H2,1-2H3;1H. The smallest absolute Gasteiger partial charge is 0.0755 e. The predicted molar refractivity (Wildman–Crippen MR) is 91.2 cm³/mol. The number of piperazine rings is 1. The Morgan fingerprint density at radius 3 is 2.55 bits per heavy atom. The quantitative estimate of drug-likeness (QED) is 0.848. The Bertz CT molecular complexity index is 624. The van der Waals surface area contributed by atoms with Crippen LogP contribution in [0.3, 0.4) is 0 Å². The second-order valence-corrected chi connectivity index (χ2v) is 6.05. The van der Waals surface area contributed by atoms with Gasteiger partial charge < -0.3 is 10.2 Å². The maximum Gasteiger partial charge on any atom is 0.0755 e. The first-order chi connectivity index (χ1) is 9.15. The second kappa shape index (κ2) is 6.29. The van der Waals surface area contributed by atoms with E-state index in [1.807, 2.05) is 0 Å². The molecule has 0 atom stereocenters. The summed E-state index contributed by atoms with van der Waals surface area (Å²) in [6.07, 6.45) is 0. The number of aromatic nitrogens is 1. The number of aryl methyl sites for hydroxylation is 2. The third-order valence-corrected chi connectivity index (χ3v) is 4.09. The van der Waals surface area contributed by atoms with Gasteiger partial charge in [0, 0.05) is 47.4 Å². The highest BCUT2D eigenvalue weighted by Gasteiger charge is 2.15. The van der Waals surface area contributed by atoms with Crippen LogP contribution in [0.25, 0.3) is 10.9 Å². The Morgan fingerprint density at radius 1 is 1.15 bits per heavy atom. The van der Waals surface area contributed by atoms with E-state index >= 15 is 0 Å². The molecular formula is C15H19BrClN3. The summed E-state index contributed by atoms with van der Waals surface area (Å²) in [4.78, 5) is 7.17. The predicted octanol–water partition coefficient (Wildman–Crippen LogP) is 3.45. The zero-order chi connectivity index (χ0) is 13.4. The molecule has 108 valence electrons. The molecule has 1 aromatic carbocycles. The van der Waals surface area contributed by atoms with Crippen molar-refractivity contribution in [1.82, 2.24) is 10.3 Å². The van der Waals surface area contributed by atoms with Gasteiger partial charge in [0.15, 0.2) is 0 Å². The fourth-order valence-corrected chi connectivity index (χ4v) is 3.30. The monoisotopic (exact) mass is 355 g/mol. The van der Waals surface area contributed by atoms with Crippen molar-refractivity contribution in [2.45, 2.75) is 13.8 Å². The summed E-state index contributed by atoms with van der Waals surface area (Å²) in [5.41, 5.74) is 4.75. The Hall–Kier alpha value is -0.840. The SMILES string of the molecule is Cc1cc(N2CCNCC2)c2cc(Br)cc(C)c2n1.Cl. The van der Waals surface area contributed by atoms with Gasteiger partial charge in [-0.1, -0.05) is 15.9 Å². The van der Waals surface area contributed by atoms with Crippen molar-refractivity contribution in [3.63, 3.8) is 0 Å². The number of anilines is 1. The Kier molecular flexibility index (Phi) is 4.89. The van der Waals surface area contributed by atoms with Crippen LogP contribution < -0.4 is 10.2 Å². The van der Waals surface area contributed by atoms with Crippen molar-refractivity contribution < 1.29 is 0 Å². The van der Waals surface area contributed by atoms with Crippen molar-refractivity contribution >= 4 is 44.9 Å². The number of benzene rings is 1. The maximum absolute atomic E-state index is 4.71. The first-order valence-corrected chi connectivity index (χ1v) is 7.47. The lowest BCUT2D eigenvalue weighted by atomic mass is 10.1. The molecule has 3 rings (SSSR count). The lowest BCUT2D eigenvalue weighted by Gasteiger charge is -2.30. The summed E-state index contributed by atoms with van der Waals surface area (Å²) in [5, 5.41) is 4.65. The molecule has 0 bridgehead atoms. The van der Waals surface area contributed by atoms with Gasteiger partial charge in [0.25, 0.3) is 0 Å². The van der Waals surface area contributed by atoms with Gasteiger partial charge in [-0.3, -0.25) is 4.98 Å². The number of nitrogens with zero attached hydrogens (tertiary/aromatic N) is 2. The van der Waals surface area contributed by atoms with E-state index in [0.717, 1.165) is 41.9 Å². The number of hydrogen-bond acceptors (Lipinski definition) is 3. The average molecular weight is 357 g/mol. The molecule has 1 aromatic heterocycles. The molecule has 0 spiro atoms. The van der Waals surface area contributed by atoms with Crippen molar-refractivity contribution in [2.75, 3.05) is 31.1 Å². The molecule has 2 heterocycles. The van der Waals surface area contributed by atoms with E-state index in [9.17, 15) is 0 Å². The molecule has 1 aliphatic heterocycles. The van der Waals surface area contributed by atoms with E-state index in [1.165, 1.54) is 16.6 Å². The molecule has 0 radical (unpaired) electrons. The van der Waals surface area contributed by atoms with Crippen LogP contribution in [0.1, 0.15) is 11.3 Å². The van der Waals surface area contributed by atoms with Crippen LogP contribution in [0.5, 0.6) is 0 Å². The molecule has 1 N–H and O–H groups in total. The average Bonchev–Trinajstić information content (AvgIpc) is 2.40. The Labute approximate surface area is 134 Å². The van der Waals surface area contributed by atoms with Gasteiger partial charge in [-0.05, 0) is 37.6 Å². The third-order valence-electron chi connectivity index (χ3n) is 3.63. The van der Waals surface area contributed by atoms with Gasteiger partial charge in [-0.2, -0.15) is 0 Å². The molecular weight excluding hydrogens is 338 g/mol. The minimum Gasteiger partial charge on any atom is -0.368 e. The largest absolute Gasteiger partial charge is 0.368 e. The number of rotatable bonds is 1. The first-order valence-electron chi connectivity index (χ1n) is 6.68. The number of halogens is 2. The topological polar surface area (TPSA) is 28.2 Å². The van der Waals surface area contributed by atoms with E-state index in [2.05, 4.69) is 58.2 Å². The molecule has 0 aliphatic carbocycles. The fourth-order valence-electron chi connectivity index (χ4n) is 2.73. The highest BCUT2D eigenvalue weighted by molar-refractivity contribution is 9.10. The van der Waals surface area contributed by atoms with Gasteiger partial charge in [0.1, 0.15) is 0 Å². The molecule has 1 aliphatic rings. The molecule has 0 unspecified atom stereocenters. The van der Waals surface area contributed by atoms with Gasteiger partial charge in [0.2, 0.25) is 0 Å². The van der Waals surface area contributed by atoms with Gasteiger partial charge >= 0.3 is 0 Å². The number of pyridine rings is 1. The maximum atomic E-state index is 4.71. The lowest BCUT2D eigenvalue weighted by molar-refractivity contribution is 0.590. The van der Waals surface area contributed by atoms with Crippen LogP contribution in [-0.2, 0) is 0 Å². The zero-order valence-corrected chi connectivity index (χ0v) is 14.1. The first kappa shape index (κ1) is 15.5. The number of nitrogens with one attached hydrogen (secondary N) is 1. The zero-order valence-electron chi connectivity index (χ0n) is 11.7. The minimum atomic E-state index is 0. The summed E-state index contributed by atoms with van der Waals surface area (Å²) in [6, 6.07) is 6.53. The molecule has 0 saturated carbocycles. The molecule has 3 nitrogen and oxygen atoms in total. The highest BCUT2D eigenvalue weighted by atomic mass is 79.9. The summed E-state index contributed by atoms with van der Waals surface area (Å²) < 4.78 is 1.12. The van der Waals surface area contributed by atoms with E-state index in [0.29, 0.717) is 0 Å². The summed E-state index contributed by atoms with van der Waals surface area (Å²) in [5.74, 6) is 0. The number of fused-ring (bicyclic) bond motifs is 1. The third kappa shape index (κ3) is 2.92. The normalized spacial score (nSPS) is 15.2. The van der Waals surface area contributed by atoms with E-state index in [4.69, 9.17) is 4.98 Å². The summed E-state index contributed by atoms with van der Waals surface area (Å²) >= 11 is 3.60. The molecule has 5 heteroatoms. The second-order valence-electron chi connectivity index (χ2n) is 5.14. The number of hydrogen-bond donors (Lipinski definition) is 1. The minimum absolute atomic E-state index is 0. The van der Waals surface area contributed by atoms with E-state index in [1.54, 1.807) is 0 Å². The molecule has 20 heavy (non-hydrogen) atoms. The van der Waals surface area contributed by atoms with Gasteiger partial charge in [-0.15, -0.1) is 12.4 Å². The highest BCUT2D eigenvalue weighted by Crippen LogP contribution is 2.31. The lowest BCUT2D eigenvalue weighted by Crippen LogP contribution is -2.43. The van der Waals surface area contributed by atoms with Crippen LogP contribution in [0.2, 0.25) is 0 Å². The van der Waals surface area contributed by atoms with Crippen molar-refractivity contribution in [1.29, 1.82) is 0 Å². The molecule has 2 aromatic rings. The van der Waals surface area contributed by atoms with Crippen molar-refractivity contribution in [3.05, 3.63) is 33.9 Å². The van der Waals surface area contributed by atoms with Crippen LogP contribution >= 0.6 is 28.3 Å². The van der Waals surface area contributed by atoms with E-state index in [-0.39, 0.29) is 12.4 Å². The van der Waals surface area contributed by atoms with Gasteiger partial charge in [0.05, 0.1) is 5.52 Å². The molecule has 1 fully saturated rings. The summed E-state index contributed by atoms with van der Waals surface area (Å²) in [6.45, 7) is 8.42. The van der Waals surface area contributed by atoms with E-state index < -0.39 is 0 Å².